The van der Waals surface area contributed by atoms with Gasteiger partial charge in [-0.05, 0) is 78.4 Å². The molecule has 0 aromatic rings. The lowest BCUT2D eigenvalue weighted by Crippen LogP contribution is -2.70. The molecule has 1 unspecified atom stereocenters. The molecule has 7 nitrogen and oxygen atoms in total. The fraction of sp³-hybridized carbons (Fsp3) is 0.741. The average molecular weight is 493 g/mol. The topological polar surface area (TPSA) is 110 Å². The van der Waals surface area contributed by atoms with Gasteiger partial charge in [-0.3, -0.25) is 9.59 Å². The van der Waals surface area contributed by atoms with Crippen LogP contribution in [-0.4, -0.2) is 63.4 Å². The van der Waals surface area contributed by atoms with Crippen LogP contribution in [0, 0.1) is 22.7 Å². The lowest BCUT2D eigenvalue weighted by Gasteiger charge is -2.62. The highest BCUT2D eigenvalue weighted by Gasteiger charge is 2.79. The van der Waals surface area contributed by atoms with E-state index in [-0.39, 0.29) is 23.9 Å². The van der Waals surface area contributed by atoms with Crippen molar-refractivity contribution in [3.05, 3.63) is 23.8 Å². The Hall–Kier alpha value is -1.74. The van der Waals surface area contributed by atoms with Crippen molar-refractivity contribution in [3.63, 3.8) is 0 Å². The van der Waals surface area contributed by atoms with Crippen molar-refractivity contribution < 1.29 is 38.5 Å². The summed E-state index contributed by atoms with van der Waals surface area (Å²) >= 11 is 0. The van der Waals surface area contributed by atoms with Gasteiger partial charge in [0.2, 0.25) is 0 Å². The van der Waals surface area contributed by atoms with Crippen molar-refractivity contribution in [2.24, 2.45) is 22.7 Å². The number of hydrogen-bond donors (Lipinski definition) is 2. The number of carbonyl (C=O) groups excluding carboxylic acids is 3. The van der Waals surface area contributed by atoms with E-state index in [2.05, 4.69) is 0 Å². The van der Waals surface area contributed by atoms with Gasteiger partial charge in [-0.2, -0.15) is 0 Å². The van der Waals surface area contributed by atoms with Crippen molar-refractivity contribution in [2.45, 2.75) is 96.5 Å². The Balaban J connectivity index is 0.000000672. The fourth-order valence-electron chi connectivity index (χ4n) is 7.93. The second-order valence-electron chi connectivity index (χ2n) is 11.8. The highest BCUT2D eigenvalue weighted by Crippen LogP contribution is 2.72. The van der Waals surface area contributed by atoms with Gasteiger partial charge in [-0.1, -0.05) is 18.6 Å². The van der Waals surface area contributed by atoms with Crippen LogP contribution in [0.5, 0.6) is 0 Å². The number of alkyl halides is 1. The van der Waals surface area contributed by atoms with Crippen molar-refractivity contribution in [2.75, 3.05) is 6.61 Å². The Morgan fingerprint density at radius 2 is 1.80 bits per heavy atom. The summed E-state index contributed by atoms with van der Waals surface area (Å²) in [7, 11) is 0. The summed E-state index contributed by atoms with van der Waals surface area (Å²) in [6.07, 6.45) is 4.00. The minimum Gasteiger partial charge on any atom is -0.390 e. The molecule has 3 saturated carbocycles. The van der Waals surface area contributed by atoms with E-state index in [9.17, 15) is 24.6 Å². The normalized spacial score (nSPS) is 46.9. The zero-order valence-corrected chi connectivity index (χ0v) is 21.4. The zero-order chi connectivity index (χ0) is 26.2. The van der Waals surface area contributed by atoms with Gasteiger partial charge in [0.15, 0.2) is 28.6 Å². The Morgan fingerprint density at radius 3 is 2.40 bits per heavy atom. The maximum Gasteiger partial charge on any atom is 0.193 e. The Labute approximate surface area is 205 Å². The molecule has 0 spiro atoms. The molecule has 4 aliphatic carbocycles. The second kappa shape index (κ2) is 8.13. The summed E-state index contributed by atoms with van der Waals surface area (Å²) in [5.74, 6) is -2.29. The number of allylic oxidation sites excluding steroid dienone is 4. The predicted molar refractivity (Wildman–Crippen MR) is 125 cm³/mol. The lowest BCUT2D eigenvalue weighted by molar-refractivity contribution is -0.246. The molecule has 8 atom stereocenters. The molecular formula is C27H37FO7. The van der Waals surface area contributed by atoms with E-state index >= 15 is 4.39 Å². The van der Waals surface area contributed by atoms with E-state index in [4.69, 9.17) is 9.47 Å². The molecule has 194 valence electrons. The van der Waals surface area contributed by atoms with Gasteiger partial charge in [0, 0.05) is 16.7 Å². The van der Waals surface area contributed by atoms with E-state index in [0.717, 1.165) is 5.57 Å². The molecular weight excluding hydrogens is 455 g/mol. The summed E-state index contributed by atoms with van der Waals surface area (Å²) in [6.45, 7) is 9.47. The molecule has 0 bridgehead atoms. The number of ether oxygens (including phenoxy) is 2. The largest absolute Gasteiger partial charge is 0.390 e. The van der Waals surface area contributed by atoms with E-state index in [0.29, 0.717) is 19.3 Å². The maximum absolute atomic E-state index is 17.1. The summed E-state index contributed by atoms with van der Waals surface area (Å²) < 4.78 is 29.5. The van der Waals surface area contributed by atoms with E-state index in [1.807, 2.05) is 6.92 Å². The molecule has 0 radical (unpaired) electrons. The van der Waals surface area contributed by atoms with Crippen LogP contribution in [0.25, 0.3) is 0 Å². The molecule has 5 rings (SSSR count). The second-order valence-corrected chi connectivity index (χ2v) is 11.8. The molecule has 35 heavy (non-hydrogen) atoms. The minimum atomic E-state index is -1.98. The number of aliphatic hydroxyl groups is 2. The summed E-state index contributed by atoms with van der Waals surface area (Å²) in [6, 6.07) is 0. The molecule has 0 aromatic carbocycles. The van der Waals surface area contributed by atoms with Crippen LogP contribution in [0.3, 0.4) is 0 Å². The standard InChI is InChI=1S/C24H31FO6.C3H6O/c1-20(2)30-19-10-16-15-6-5-13-9-14(27)7-8-21(13,3)23(15,25)17(28)11-22(16,4)24(19,31-20)18(29)12-26;1-3(2)4/h7-9,15-17,19,26,28H,5-6,10-12H2,1-4H3;1-2H3/t15-,16-,17-,19+,21-,22-,23?,24+;/m0./s1. The van der Waals surface area contributed by atoms with Gasteiger partial charge >= 0.3 is 0 Å². The number of Topliss-reactive ketones (excluding diaryl/α,β-unsaturated/α-hetero) is 2. The van der Waals surface area contributed by atoms with Gasteiger partial charge in [-0.15, -0.1) is 0 Å². The van der Waals surface area contributed by atoms with Crippen molar-refractivity contribution in [1.82, 2.24) is 0 Å². The first-order valence-corrected chi connectivity index (χ1v) is 12.4. The molecule has 5 aliphatic rings. The van der Waals surface area contributed by atoms with Crippen molar-refractivity contribution in [3.8, 4) is 0 Å². The Kier molecular flexibility index (Phi) is 6.12. The summed E-state index contributed by atoms with van der Waals surface area (Å²) in [5.41, 5.74) is -4.66. The van der Waals surface area contributed by atoms with Crippen LogP contribution < -0.4 is 0 Å². The van der Waals surface area contributed by atoms with E-state index in [1.54, 1.807) is 26.8 Å². The minimum absolute atomic E-state index is 0.0109. The van der Waals surface area contributed by atoms with Crippen LogP contribution in [0.15, 0.2) is 23.8 Å². The van der Waals surface area contributed by atoms with Crippen LogP contribution in [0.2, 0.25) is 0 Å². The smallest absolute Gasteiger partial charge is 0.193 e. The Morgan fingerprint density at radius 1 is 1.17 bits per heavy atom. The zero-order valence-electron chi connectivity index (χ0n) is 21.4. The lowest BCUT2D eigenvalue weighted by atomic mass is 9.44. The van der Waals surface area contributed by atoms with Gasteiger partial charge in [0.25, 0.3) is 0 Å². The SMILES string of the molecule is CC(C)=O.CC1(C)O[C@@H]2C[C@H]3[C@@H]4CCC5=CC(=O)C=C[C@]5(C)C4(F)[C@@H](O)C[C@]3(C)[C@]2(C(=O)CO)O1. The molecule has 2 N–H and O–H groups in total. The number of hydrogen-bond acceptors (Lipinski definition) is 7. The number of carbonyl (C=O) groups is 3. The fourth-order valence-corrected chi connectivity index (χ4v) is 7.93. The highest BCUT2D eigenvalue weighted by molar-refractivity contribution is 6.01. The number of halogens is 1. The third-order valence-corrected chi connectivity index (χ3v) is 9.19. The van der Waals surface area contributed by atoms with Crippen LogP contribution in [-0.2, 0) is 23.9 Å². The Bertz CT molecular complexity index is 1010. The maximum atomic E-state index is 17.1. The summed E-state index contributed by atoms with van der Waals surface area (Å²) in [5, 5.41) is 21.2. The van der Waals surface area contributed by atoms with E-state index < -0.39 is 58.4 Å². The van der Waals surface area contributed by atoms with Gasteiger partial charge in [0.05, 0.1) is 12.2 Å². The van der Waals surface area contributed by atoms with Crippen molar-refractivity contribution in [1.29, 1.82) is 0 Å². The first-order chi connectivity index (χ1) is 16.1. The van der Waals surface area contributed by atoms with E-state index in [1.165, 1.54) is 26.0 Å². The monoisotopic (exact) mass is 492 g/mol. The molecule has 0 aromatic heterocycles. The first-order valence-electron chi connectivity index (χ1n) is 12.4. The molecule has 0 amide bonds. The first kappa shape index (κ1) is 26.3. The predicted octanol–water partition coefficient (Wildman–Crippen LogP) is 3.01. The number of rotatable bonds is 2. The average Bonchev–Trinajstić information content (AvgIpc) is 3.15. The van der Waals surface area contributed by atoms with Gasteiger partial charge in [-0.25, -0.2) is 4.39 Å². The number of aliphatic hydroxyl groups excluding tert-OH is 2. The van der Waals surface area contributed by atoms with Gasteiger partial charge in [0.1, 0.15) is 12.4 Å². The molecule has 8 heteroatoms. The number of ketones is 3. The molecule has 4 fully saturated rings. The van der Waals surface area contributed by atoms with Crippen LogP contribution in [0.4, 0.5) is 4.39 Å². The third-order valence-electron chi connectivity index (χ3n) is 9.19. The quantitative estimate of drug-likeness (QED) is 0.610. The third kappa shape index (κ3) is 3.40. The van der Waals surface area contributed by atoms with Gasteiger partial charge < -0.3 is 24.5 Å². The molecule has 1 heterocycles. The molecule has 1 saturated heterocycles. The van der Waals surface area contributed by atoms with Crippen LogP contribution >= 0.6 is 0 Å². The summed E-state index contributed by atoms with van der Waals surface area (Å²) in [4.78, 5) is 34.5. The van der Waals surface area contributed by atoms with Crippen LogP contribution in [0.1, 0.15) is 67.2 Å². The highest BCUT2D eigenvalue weighted by atomic mass is 19.1. The molecule has 1 aliphatic heterocycles. The van der Waals surface area contributed by atoms with Crippen molar-refractivity contribution >= 4 is 17.3 Å². The number of fused-ring (bicyclic) bond motifs is 7.